The van der Waals surface area contributed by atoms with Crippen LogP contribution in [0.4, 0.5) is 0 Å². The Labute approximate surface area is 125 Å². The number of carboxylic acid groups (broad SMARTS) is 1. The quantitative estimate of drug-likeness (QED) is 0.786. The van der Waals surface area contributed by atoms with Gasteiger partial charge in [0.25, 0.3) is 0 Å². The maximum absolute atomic E-state index is 10.8. The van der Waals surface area contributed by atoms with Crippen molar-refractivity contribution in [3.05, 3.63) is 32.0 Å². The van der Waals surface area contributed by atoms with Gasteiger partial charge < -0.3 is 5.11 Å². The molecular weight excluding hydrogens is 327 g/mol. The normalized spacial score (nSPS) is 11.3. The molecule has 3 aromatic heterocycles. The van der Waals surface area contributed by atoms with Gasteiger partial charge in [-0.2, -0.15) is 0 Å². The Morgan fingerprint density at radius 1 is 1.47 bits per heavy atom. The first-order valence-electron chi connectivity index (χ1n) is 5.17. The Hall–Kier alpha value is -1.08. The molecule has 3 heterocycles. The Morgan fingerprint density at radius 3 is 2.89 bits per heavy atom. The van der Waals surface area contributed by atoms with Gasteiger partial charge in [-0.25, -0.2) is 4.98 Å². The fourth-order valence-corrected chi connectivity index (χ4v) is 4.11. The summed E-state index contributed by atoms with van der Waals surface area (Å²) < 4.78 is 2.95. The fraction of sp³-hybridized carbons (Fsp3) is 0.0909. The molecule has 0 radical (unpaired) electrons. The van der Waals surface area contributed by atoms with Gasteiger partial charge >= 0.3 is 5.97 Å². The van der Waals surface area contributed by atoms with Gasteiger partial charge in [-0.1, -0.05) is 23.2 Å². The number of aromatic nitrogens is 2. The SMILES string of the molecule is O=C(O)Cc1csc2nc(-c3cc(Cl)sc3Cl)cn12. The summed E-state index contributed by atoms with van der Waals surface area (Å²) in [5.41, 5.74) is 2.17. The van der Waals surface area contributed by atoms with E-state index in [-0.39, 0.29) is 6.42 Å². The first-order chi connectivity index (χ1) is 9.04. The van der Waals surface area contributed by atoms with Gasteiger partial charge in [-0.15, -0.1) is 22.7 Å². The molecule has 0 aliphatic rings. The van der Waals surface area contributed by atoms with Crippen LogP contribution in [0.5, 0.6) is 0 Å². The van der Waals surface area contributed by atoms with Crippen molar-refractivity contribution in [2.75, 3.05) is 0 Å². The molecule has 8 heteroatoms. The summed E-state index contributed by atoms with van der Waals surface area (Å²) in [6, 6.07) is 1.76. The van der Waals surface area contributed by atoms with E-state index in [2.05, 4.69) is 4.98 Å². The monoisotopic (exact) mass is 332 g/mol. The first-order valence-corrected chi connectivity index (χ1v) is 7.62. The van der Waals surface area contributed by atoms with Crippen molar-refractivity contribution in [1.29, 1.82) is 0 Å². The number of hydrogen-bond donors (Lipinski definition) is 1. The third kappa shape index (κ3) is 2.36. The number of aliphatic carboxylic acids is 1. The van der Waals surface area contributed by atoms with Gasteiger partial charge in [0.1, 0.15) is 4.34 Å². The number of fused-ring (bicyclic) bond motifs is 1. The van der Waals surface area contributed by atoms with Gasteiger partial charge in [-0.3, -0.25) is 9.20 Å². The molecule has 0 atom stereocenters. The molecule has 0 saturated carbocycles. The average Bonchev–Trinajstić information content (AvgIpc) is 2.94. The predicted molar refractivity (Wildman–Crippen MR) is 77.7 cm³/mol. The first kappa shape index (κ1) is 12.9. The summed E-state index contributed by atoms with van der Waals surface area (Å²) in [7, 11) is 0. The second-order valence-electron chi connectivity index (χ2n) is 3.81. The number of nitrogens with zero attached hydrogens (tertiary/aromatic N) is 2. The zero-order chi connectivity index (χ0) is 13.6. The van der Waals surface area contributed by atoms with Crippen LogP contribution in [-0.2, 0) is 11.2 Å². The lowest BCUT2D eigenvalue weighted by Gasteiger charge is -1.93. The molecule has 4 nitrogen and oxygen atoms in total. The number of carboxylic acids is 1. The molecule has 3 aromatic rings. The number of halogens is 2. The van der Waals surface area contributed by atoms with Crippen LogP contribution in [0, 0.1) is 0 Å². The third-order valence-corrected chi connectivity index (χ3v) is 4.92. The molecule has 0 unspecified atom stereocenters. The van der Waals surface area contributed by atoms with Crippen LogP contribution in [0.15, 0.2) is 17.6 Å². The van der Waals surface area contributed by atoms with Gasteiger partial charge in [0.2, 0.25) is 0 Å². The second-order valence-corrected chi connectivity index (χ2v) is 6.94. The standard InChI is InChI=1S/C11H6Cl2N2O2S2/c12-8-2-6(10(13)19-8)7-3-15-5(1-9(16)17)4-18-11(15)14-7/h2-4H,1H2,(H,16,17). The zero-order valence-corrected chi connectivity index (χ0v) is 12.4. The largest absolute Gasteiger partial charge is 0.481 e. The van der Waals surface area contributed by atoms with E-state index in [0.717, 1.165) is 10.5 Å². The topological polar surface area (TPSA) is 54.6 Å². The number of thiazole rings is 1. The van der Waals surface area contributed by atoms with Crippen molar-refractivity contribution in [1.82, 2.24) is 9.38 Å². The second kappa shape index (κ2) is 4.79. The molecule has 0 amide bonds. The van der Waals surface area contributed by atoms with Crippen molar-refractivity contribution in [2.45, 2.75) is 6.42 Å². The Balaban J connectivity index is 2.09. The summed E-state index contributed by atoms with van der Waals surface area (Å²) in [4.78, 5) is 16.0. The van der Waals surface area contributed by atoms with E-state index in [9.17, 15) is 4.79 Å². The lowest BCUT2D eigenvalue weighted by molar-refractivity contribution is -0.136. The van der Waals surface area contributed by atoms with E-state index in [0.29, 0.717) is 20.1 Å². The van der Waals surface area contributed by atoms with E-state index < -0.39 is 5.97 Å². The highest BCUT2D eigenvalue weighted by molar-refractivity contribution is 7.20. The molecule has 0 aromatic carbocycles. The Kier molecular flexibility index (Phi) is 3.26. The predicted octanol–water partition coefficient (Wildman–Crippen LogP) is 4.06. The highest BCUT2D eigenvalue weighted by atomic mass is 35.5. The molecule has 0 aliphatic carbocycles. The third-order valence-electron chi connectivity index (χ3n) is 2.55. The number of thiophene rings is 1. The van der Waals surface area contributed by atoms with Crippen LogP contribution in [0.25, 0.3) is 16.2 Å². The van der Waals surface area contributed by atoms with Gasteiger partial charge in [0.05, 0.1) is 16.5 Å². The maximum atomic E-state index is 10.8. The number of hydrogen-bond acceptors (Lipinski definition) is 4. The van der Waals surface area contributed by atoms with E-state index in [1.54, 1.807) is 22.0 Å². The van der Waals surface area contributed by atoms with Crippen LogP contribution >= 0.6 is 45.9 Å². The number of imidazole rings is 1. The molecule has 0 fully saturated rings. The molecule has 1 N–H and O–H groups in total. The number of rotatable bonds is 3. The van der Waals surface area contributed by atoms with Crippen LogP contribution in [0.2, 0.25) is 8.67 Å². The highest BCUT2D eigenvalue weighted by Crippen LogP contribution is 2.38. The minimum atomic E-state index is -0.869. The van der Waals surface area contributed by atoms with E-state index in [4.69, 9.17) is 28.3 Å². The molecule has 3 rings (SSSR count). The molecule has 98 valence electrons. The minimum Gasteiger partial charge on any atom is -0.481 e. The highest BCUT2D eigenvalue weighted by Gasteiger charge is 2.15. The summed E-state index contributed by atoms with van der Waals surface area (Å²) in [6.45, 7) is 0. The molecule has 0 spiro atoms. The fourth-order valence-electron chi connectivity index (χ4n) is 1.76. The average molecular weight is 333 g/mol. The van der Waals surface area contributed by atoms with Crippen molar-refractivity contribution in [2.24, 2.45) is 0 Å². The van der Waals surface area contributed by atoms with Crippen molar-refractivity contribution >= 4 is 56.8 Å². The van der Waals surface area contributed by atoms with Gasteiger partial charge in [-0.05, 0) is 6.07 Å². The zero-order valence-electron chi connectivity index (χ0n) is 9.26. The maximum Gasteiger partial charge on any atom is 0.309 e. The molecule has 0 saturated heterocycles. The van der Waals surface area contributed by atoms with Crippen molar-refractivity contribution in [3.63, 3.8) is 0 Å². The van der Waals surface area contributed by atoms with E-state index in [1.807, 2.05) is 0 Å². The summed E-state index contributed by atoms with van der Waals surface area (Å²) >= 11 is 14.7. The van der Waals surface area contributed by atoms with Crippen LogP contribution in [0.1, 0.15) is 5.69 Å². The van der Waals surface area contributed by atoms with Crippen molar-refractivity contribution in [3.8, 4) is 11.3 Å². The van der Waals surface area contributed by atoms with Gasteiger partial charge in [0.15, 0.2) is 4.96 Å². The van der Waals surface area contributed by atoms with Crippen molar-refractivity contribution < 1.29 is 9.90 Å². The summed E-state index contributed by atoms with van der Waals surface area (Å²) in [5, 5.41) is 10.6. The lowest BCUT2D eigenvalue weighted by Crippen LogP contribution is -2.02. The van der Waals surface area contributed by atoms with Crippen LogP contribution in [-0.4, -0.2) is 20.5 Å². The molecule has 19 heavy (non-hydrogen) atoms. The van der Waals surface area contributed by atoms with Crippen LogP contribution < -0.4 is 0 Å². The Bertz CT molecular complexity index is 775. The van der Waals surface area contributed by atoms with E-state index in [1.165, 1.54) is 22.7 Å². The van der Waals surface area contributed by atoms with Crippen LogP contribution in [0.3, 0.4) is 0 Å². The molecule has 0 bridgehead atoms. The summed E-state index contributed by atoms with van der Waals surface area (Å²) in [6.07, 6.45) is 1.75. The molecule has 0 aliphatic heterocycles. The minimum absolute atomic E-state index is 0.0338. The summed E-state index contributed by atoms with van der Waals surface area (Å²) in [5.74, 6) is -0.869. The molecular formula is C11H6Cl2N2O2S2. The Morgan fingerprint density at radius 2 is 2.26 bits per heavy atom. The van der Waals surface area contributed by atoms with Gasteiger partial charge in [0, 0.05) is 22.8 Å². The van der Waals surface area contributed by atoms with E-state index >= 15 is 0 Å². The smallest absolute Gasteiger partial charge is 0.309 e. The lowest BCUT2D eigenvalue weighted by atomic mass is 10.3. The number of carbonyl (C=O) groups is 1.